The average Bonchev–Trinajstić information content (AvgIpc) is 2.19. The highest BCUT2D eigenvalue weighted by molar-refractivity contribution is 4.93. The van der Waals surface area contributed by atoms with Crippen LogP contribution in [0.3, 0.4) is 0 Å². The van der Waals surface area contributed by atoms with E-state index in [1.54, 1.807) is 0 Å². The SMILES string of the molecule is O=c1cc[nH]c(=O)n1N1CCCCC1. The number of nitrogens with zero attached hydrogens (tertiary/aromatic N) is 2. The molecule has 0 saturated carbocycles. The van der Waals surface area contributed by atoms with Crippen LogP contribution in [0, 0.1) is 0 Å². The maximum atomic E-state index is 11.4. The lowest BCUT2D eigenvalue weighted by Crippen LogP contribution is -2.52. The molecule has 0 radical (unpaired) electrons. The monoisotopic (exact) mass is 195 g/mol. The van der Waals surface area contributed by atoms with Gasteiger partial charge in [0.25, 0.3) is 5.56 Å². The van der Waals surface area contributed by atoms with E-state index in [4.69, 9.17) is 0 Å². The van der Waals surface area contributed by atoms with E-state index in [9.17, 15) is 9.59 Å². The first-order valence-electron chi connectivity index (χ1n) is 4.85. The van der Waals surface area contributed by atoms with Crippen LogP contribution in [-0.2, 0) is 0 Å². The zero-order valence-corrected chi connectivity index (χ0v) is 7.90. The van der Waals surface area contributed by atoms with Gasteiger partial charge in [0.1, 0.15) is 0 Å². The molecule has 0 aliphatic carbocycles. The lowest BCUT2D eigenvalue weighted by Gasteiger charge is -2.28. The summed E-state index contributed by atoms with van der Waals surface area (Å²) in [5.74, 6) is 0. The molecule has 1 aromatic rings. The summed E-state index contributed by atoms with van der Waals surface area (Å²) in [7, 11) is 0. The number of hydrogen-bond acceptors (Lipinski definition) is 3. The van der Waals surface area contributed by atoms with E-state index < -0.39 is 0 Å². The van der Waals surface area contributed by atoms with Gasteiger partial charge in [0.2, 0.25) is 0 Å². The highest BCUT2D eigenvalue weighted by atomic mass is 16.2. The molecule has 2 rings (SSSR count). The summed E-state index contributed by atoms with van der Waals surface area (Å²) in [4.78, 5) is 25.3. The van der Waals surface area contributed by atoms with Crippen molar-refractivity contribution < 1.29 is 0 Å². The third-order valence-corrected chi connectivity index (χ3v) is 2.45. The van der Waals surface area contributed by atoms with Crippen molar-refractivity contribution in [3.05, 3.63) is 33.1 Å². The Labute approximate surface area is 81.0 Å². The molecule has 5 heteroatoms. The zero-order chi connectivity index (χ0) is 9.97. The second kappa shape index (κ2) is 3.69. The van der Waals surface area contributed by atoms with Crippen LogP contribution in [0.5, 0.6) is 0 Å². The van der Waals surface area contributed by atoms with Crippen molar-refractivity contribution >= 4 is 0 Å². The summed E-state index contributed by atoms with van der Waals surface area (Å²) in [5.41, 5.74) is -0.602. The van der Waals surface area contributed by atoms with Gasteiger partial charge in [0.15, 0.2) is 0 Å². The van der Waals surface area contributed by atoms with Crippen LogP contribution in [0.1, 0.15) is 19.3 Å². The minimum Gasteiger partial charge on any atom is -0.312 e. The highest BCUT2D eigenvalue weighted by Gasteiger charge is 2.13. The van der Waals surface area contributed by atoms with Crippen molar-refractivity contribution in [2.75, 3.05) is 18.1 Å². The maximum Gasteiger partial charge on any atom is 0.347 e. The minimum atomic E-state index is -0.348. The number of rotatable bonds is 1. The predicted molar refractivity (Wildman–Crippen MR) is 53.1 cm³/mol. The zero-order valence-electron chi connectivity index (χ0n) is 7.90. The number of nitrogens with one attached hydrogen (secondary N) is 1. The van der Waals surface area contributed by atoms with E-state index in [-0.39, 0.29) is 11.2 Å². The van der Waals surface area contributed by atoms with Crippen molar-refractivity contribution in [2.24, 2.45) is 0 Å². The minimum absolute atomic E-state index is 0.254. The van der Waals surface area contributed by atoms with E-state index in [2.05, 4.69) is 4.98 Å². The van der Waals surface area contributed by atoms with Crippen LogP contribution >= 0.6 is 0 Å². The van der Waals surface area contributed by atoms with Gasteiger partial charge in [0.05, 0.1) is 0 Å². The van der Waals surface area contributed by atoms with Gasteiger partial charge in [-0.05, 0) is 19.3 Å². The molecular weight excluding hydrogens is 182 g/mol. The van der Waals surface area contributed by atoms with Crippen LogP contribution < -0.4 is 16.3 Å². The van der Waals surface area contributed by atoms with Crippen LogP contribution in [0.4, 0.5) is 0 Å². The molecule has 1 N–H and O–H groups in total. The van der Waals surface area contributed by atoms with Crippen LogP contribution in [0.25, 0.3) is 0 Å². The summed E-state index contributed by atoms with van der Waals surface area (Å²) in [5, 5.41) is 1.81. The average molecular weight is 195 g/mol. The highest BCUT2D eigenvalue weighted by Crippen LogP contribution is 2.04. The lowest BCUT2D eigenvalue weighted by molar-refractivity contribution is 0.456. The first-order chi connectivity index (χ1) is 6.79. The Bertz CT molecular complexity index is 386. The molecule has 0 aromatic carbocycles. The van der Waals surface area contributed by atoms with Crippen molar-refractivity contribution in [2.45, 2.75) is 19.3 Å². The quantitative estimate of drug-likeness (QED) is 0.667. The van der Waals surface area contributed by atoms with Gasteiger partial charge >= 0.3 is 5.69 Å². The van der Waals surface area contributed by atoms with Crippen LogP contribution in [0.15, 0.2) is 21.9 Å². The van der Waals surface area contributed by atoms with Gasteiger partial charge in [-0.3, -0.25) is 4.79 Å². The fourth-order valence-electron chi connectivity index (χ4n) is 1.76. The molecule has 0 spiro atoms. The molecule has 2 heterocycles. The van der Waals surface area contributed by atoms with E-state index in [1.807, 2.05) is 5.01 Å². The maximum absolute atomic E-state index is 11.4. The molecule has 1 fully saturated rings. The molecule has 76 valence electrons. The van der Waals surface area contributed by atoms with Gasteiger partial charge < -0.3 is 9.99 Å². The Morgan fingerprint density at radius 1 is 1.14 bits per heavy atom. The number of piperidine rings is 1. The van der Waals surface area contributed by atoms with Crippen LogP contribution in [0.2, 0.25) is 0 Å². The summed E-state index contributed by atoms with van der Waals surface area (Å²) in [6.07, 6.45) is 4.64. The fourth-order valence-corrected chi connectivity index (χ4v) is 1.76. The van der Waals surface area contributed by atoms with Gasteiger partial charge in [0, 0.05) is 25.4 Å². The molecule has 1 aliphatic heterocycles. The topological polar surface area (TPSA) is 58.1 Å². The van der Waals surface area contributed by atoms with E-state index in [1.165, 1.54) is 23.4 Å². The van der Waals surface area contributed by atoms with Crippen molar-refractivity contribution in [1.82, 2.24) is 9.66 Å². The van der Waals surface area contributed by atoms with Crippen LogP contribution in [-0.4, -0.2) is 22.7 Å². The summed E-state index contributed by atoms with van der Waals surface area (Å²) < 4.78 is 1.19. The third-order valence-electron chi connectivity index (χ3n) is 2.45. The molecule has 0 atom stereocenters. The fraction of sp³-hybridized carbons (Fsp3) is 0.556. The summed E-state index contributed by atoms with van der Waals surface area (Å²) in [6.45, 7) is 1.57. The third kappa shape index (κ3) is 1.57. The molecule has 1 aromatic heterocycles. The number of aromatic amines is 1. The van der Waals surface area contributed by atoms with E-state index in [0.29, 0.717) is 0 Å². The Morgan fingerprint density at radius 3 is 2.50 bits per heavy atom. The molecule has 14 heavy (non-hydrogen) atoms. The molecular formula is C9H13N3O2. The van der Waals surface area contributed by atoms with Crippen molar-refractivity contribution in [1.29, 1.82) is 0 Å². The molecule has 1 aliphatic rings. The molecule has 0 bridgehead atoms. The first-order valence-corrected chi connectivity index (χ1v) is 4.85. The molecule has 1 saturated heterocycles. The van der Waals surface area contributed by atoms with Gasteiger partial charge in [-0.15, -0.1) is 0 Å². The van der Waals surface area contributed by atoms with Gasteiger partial charge in [-0.1, -0.05) is 0 Å². The second-order valence-electron chi connectivity index (χ2n) is 3.45. The Kier molecular flexibility index (Phi) is 2.39. The molecule has 5 nitrogen and oxygen atoms in total. The lowest BCUT2D eigenvalue weighted by atomic mass is 10.2. The Hall–Kier alpha value is -1.52. The van der Waals surface area contributed by atoms with Crippen molar-refractivity contribution in [3.63, 3.8) is 0 Å². The first kappa shape index (κ1) is 9.05. The summed E-state index contributed by atoms with van der Waals surface area (Å²) >= 11 is 0. The molecule has 0 unspecified atom stereocenters. The number of H-pyrrole nitrogens is 1. The van der Waals surface area contributed by atoms with Gasteiger partial charge in [-0.2, -0.15) is 4.68 Å². The standard InChI is InChI=1S/C9H13N3O2/c13-8-4-5-10-9(14)12(8)11-6-2-1-3-7-11/h4-5H,1-3,6-7H2,(H,10,14). The number of hydrogen-bond donors (Lipinski definition) is 1. The Morgan fingerprint density at radius 2 is 1.86 bits per heavy atom. The largest absolute Gasteiger partial charge is 0.347 e. The van der Waals surface area contributed by atoms with Crippen molar-refractivity contribution in [3.8, 4) is 0 Å². The smallest absolute Gasteiger partial charge is 0.312 e. The number of aromatic nitrogens is 2. The second-order valence-corrected chi connectivity index (χ2v) is 3.45. The van der Waals surface area contributed by atoms with E-state index >= 15 is 0 Å². The van der Waals surface area contributed by atoms with E-state index in [0.717, 1.165) is 25.9 Å². The summed E-state index contributed by atoms with van der Waals surface area (Å²) in [6, 6.07) is 1.37. The predicted octanol–water partition coefficient (Wildman–Crippen LogP) is -0.342. The normalized spacial score (nSPS) is 17.0. The Balaban J connectivity index is 2.39. The molecule has 0 amide bonds. The van der Waals surface area contributed by atoms with Gasteiger partial charge in [-0.25, -0.2) is 4.79 Å².